The van der Waals surface area contributed by atoms with Crippen LogP contribution < -0.4 is 14.8 Å². The number of benzene rings is 1. The van der Waals surface area contributed by atoms with Gasteiger partial charge in [-0.05, 0) is 41.7 Å². The number of ketones is 1. The van der Waals surface area contributed by atoms with Crippen LogP contribution in [-0.2, 0) is 4.79 Å². The van der Waals surface area contributed by atoms with E-state index in [9.17, 15) is 4.79 Å². The summed E-state index contributed by atoms with van der Waals surface area (Å²) in [5.41, 5.74) is 2.56. The van der Waals surface area contributed by atoms with Crippen molar-refractivity contribution in [2.45, 2.75) is 58.2 Å². The highest BCUT2D eigenvalue weighted by Crippen LogP contribution is 2.46. The van der Waals surface area contributed by atoms with Gasteiger partial charge in [-0.2, -0.15) is 4.98 Å². The fourth-order valence-electron chi connectivity index (χ4n) is 4.27. The van der Waals surface area contributed by atoms with Gasteiger partial charge < -0.3 is 14.8 Å². The Morgan fingerprint density at radius 2 is 2.06 bits per heavy atom. The molecule has 31 heavy (non-hydrogen) atoms. The fourth-order valence-corrected chi connectivity index (χ4v) is 4.83. The molecule has 0 saturated carbocycles. The first-order valence-electron chi connectivity index (χ1n) is 10.8. The molecule has 0 saturated heterocycles. The first-order chi connectivity index (χ1) is 14.9. The van der Waals surface area contributed by atoms with Crippen molar-refractivity contribution in [3.8, 4) is 11.5 Å². The van der Waals surface area contributed by atoms with E-state index in [4.69, 9.17) is 14.6 Å². The number of Topliss-reactive ketones (excluding diaryl/α,β-unsaturated/α-hetero) is 1. The number of rotatable bonds is 7. The lowest BCUT2D eigenvalue weighted by atomic mass is 9.73. The summed E-state index contributed by atoms with van der Waals surface area (Å²) in [5, 5.41) is 8.85. The van der Waals surface area contributed by atoms with E-state index in [1.165, 1.54) is 0 Å². The summed E-state index contributed by atoms with van der Waals surface area (Å²) in [6, 6.07) is 5.53. The zero-order valence-corrected chi connectivity index (χ0v) is 19.6. The number of hydrogen-bond acceptors (Lipinski definition) is 7. The fraction of sp³-hybridized carbons (Fsp3) is 0.522. The van der Waals surface area contributed by atoms with Crippen LogP contribution in [0.3, 0.4) is 0 Å². The minimum absolute atomic E-state index is 0.0911. The molecule has 0 spiro atoms. The highest BCUT2D eigenvalue weighted by atomic mass is 32.2. The summed E-state index contributed by atoms with van der Waals surface area (Å²) in [4.78, 5) is 18.0. The number of nitrogens with zero attached hydrogens (tertiary/aromatic N) is 3. The van der Waals surface area contributed by atoms with Gasteiger partial charge >= 0.3 is 0 Å². The average molecular weight is 443 g/mol. The predicted octanol–water partition coefficient (Wildman–Crippen LogP) is 4.85. The Bertz CT molecular complexity index is 1030. The molecule has 2 heterocycles. The predicted molar refractivity (Wildman–Crippen MR) is 122 cm³/mol. The quantitative estimate of drug-likeness (QED) is 0.614. The van der Waals surface area contributed by atoms with Crippen molar-refractivity contribution >= 4 is 23.5 Å². The summed E-state index contributed by atoms with van der Waals surface area (Å²) in [7, 11) is 1.64. The molecular weight excluding hydrogens is 412 g/mol. The number of fused-ring (bicyclic) bond motifs is 1. The molecule has 1 atom stereocenters. The molecule has 4 rings (SSSR count). The van der Waals surface area contributed by atoms with Gasteiger partial charge in [0.2, 0.25) is 11.1 Å². The third-order valence-electron chi connectivity index (χ3n) is 5.55. The molecule has 0 bridgehead atoms. The summed E-state index contributed by atoms with van der Waals surface area (Å²) < 4.78 is 13.3. The Kier molecular flexibility index (Phi) is 6.01. The second kappa shape index (κ2) is 8.57. The van der Waals surface area contributed by atoms with E-state index < -0.39 is 0 Å². The van der Waals surface area contributed by atoms with Crippen LogP contribution in [0, 0.1) is 5.41 Å². The first kappa shape index (κ1) is 21.7. The summed E-state index contributed by atoms with van der Waals surface area (Å²) in [6.07, 6.45) is 2.22. The molecule has 1 aromatic carbocycles. The molecule has 1 aromatic heterocycles. The van der Waals surface area contributed by atoms with E-state index in [2.05, 4.69) is 38.0 Å². The summed E-state index contributed by atoms with van der Waals surface area (Å²) >= 11 is 1.59. The molecule has 1 aliphatic carbocycles. The van der Waals surface area contributed by atoms with E-state index >= 15 is 0 Å². The van der Waals surface area contributed by atoms with Crippen LogP contribution in [0.4, 0.5) is 5.95 Å². The van der Waals surface area contributed by atoms with E-state index in [-0.39, 0.29) is 17.2 Å². The third-order valence-corrected chi connectivity index (χ3v) is 6.27. The van der Waals surface area contributed by atoms with Crippen molar-refractivity contribution < 1.29 is 14.3 Å². The van der Waals surface area contributed by atoms with Crippen molar-refractivity contribution in [1.29, 1.82) is 0 Å². The lowest BCUT2D eigenvalue weighted by Crippen LogP contribution is -2.36. The second-order valence-electron chi connectivity index (χ2n) is 8.72. The number of nitrogens with one attached hydrogen (secondary N) is 1. The molecule has 2 aliphatic rings. The molecule has 0 fully saturated rings. The largest absolute Gasteiger partial charge is 0.493 e. The number of carbonyl (C=O) groups excluding carboxylic acids is 1. The molecule has 0 radical (unpaired) electrons. The molecular formula is C23H30N4O3S. The van der Waals surface area contributed by atoms with Gasteiger partial charge in [0.25, 0.3) is 0 Å². The number of hydrogen-bond donors (Lipinski definition) is 1. The van der Waals surface area contributed by atoms with E-state index in [0.717, 1.165) is 35.4 Å². The van der Waals surface area contributed by atoms with Crippen molar-refractivity contribution in [3.63, 3.8) is 0 Å². The number of aromatic nitrogens is 3. The molecule has 7 nitrogen and oxygen atoms in total. The number of anilines is 1. The molecule has 1 unspecified atom stereocenters. The lowest BCUT2D eigenvalue weighted by Gasteiger charge is -2.38. The molecule has 1 N–H and O–H groups in total. The number of methoxy groups -OCH3 is 1. The highest BCUT2D eigenvalue weighted by Gasteiger charge is 2.42. The maximum Gasteiger partial charge on any atom is 0.227 e. The van der Waals surface area contributed by atoms with Gasteiger partial charge in [-0.1, -0.05) is 45.5 Å². The van der Waals surface area contributed by atoms with Crippen molar-refractivity contribution in [1.82, 2.24) is 14.8 Å². The van der Waals surface area contributed by atoms with Crippen LogP contribution in [0.15, 0.2) is 34.6 Å². The Labute approximate surface area is 187 Å². The van der Waals surface area contributed by atoms with Gasteiger partial charge in [0, 0.05) is 17.7 Å². The number of ether oxygens (including phenoxy) is 2. The average Bonchev–Trinajstić information content (AvgIpc) is 3.12. The maximum atomic E-state index is 13.3. The summed E-state index contributed by atoms with van der Waals surface area (Å²) in [5.74, 6) is 3.06. The van der Waals surface area contributed by atoms with E-state index in [0.29, 0.717) is 35.6 Å². The number of carbonyl (C=O) groups is 1. The van der Waals surface area contributed by atoms with Crippen LogP contribution in [0.25, 0.3) is 0 Å². The third kappa shape index (κ3) is 4.18. The van der Waals surface area contributed by atoms with Gasteiger partial charge in [-0.15, -0.1) is 5.10 Å². The zero-order valence-electron chi connectivity index (χ0n) is 18.8. The van der Waals surface area contributed by atoms with Crippen LogP contribution in [0.2, 0.25) is 0 Å². The van der Waals surface area contributed by atoms with Crippen molar-refractivity contribution in [2.75, 3.05) is 24.8 Å². The highest BCUT2D eigenvalue weighted by molar-refractivity contribution is 7.99. The molecule has 2 aromatic rings. The normalized spacial score (nSPS) is 19.5. The van der Waals surface area contributed by atoms with Crippen LogP contribution in [-0.4, -0.2) is 40.0 Å². The van der Waals surface area contributed by atoms with Gasteiger partial charge in [0.15, 0.2) is 17.3 Å². The van der Waals surface area contributed by atoms with Crippen LogP contribution in [0.1, 0.15) is 58.6 Å². The Morgan fingerprint density at radius 3 is 2.77 bits per heavy atom. The van der Waals surface area contributed by atoms with Crippen LogP contribution in [0.5, 0.6) is 11.5 Å². The van der Waals surface area contributed by atoms with Gasteiger partial charge in [-0.3, -0.25) is 4.79 Å². The first-order valence-corrected chi connectivity index (χ1v) is 11.8. The lowest BCUT2D eigenvalue weighted by molar-refractivity contribution is -0.118. The second-order valence-corrected chi connectivity index (χ2v) is 9.95. The Balaban J connectivity index is 1.83. The molecule has 1 aliphatic heterocycles. The monoisotopic (exact) mass is 442 g/mol. The zero-order chi connectivity index (χ0) is 22.2. The minimum atomic E-state index is -0.345. The number of allylic oxidation sites excluding steroid dienone is 2. The van der Waals surface area contributed by atoms with Crippen LogP contribution >= 0.6 is 11.8 Å². The molecule has 8 heteroatoms. The van der Waals surface area contributed by atoms with Gasteiger partial charge in [0.05, 0.1) is 13.7 Å². The van der Waals surface area contributed by atoms with Crippen molar-refractivity contribution in [3.05, 3.63) is 35.0 Å². The topological polar surface area (TPSA) is 78.3 Å². The Hall–Kier alpha value is -2.48. The molecule has 0 amide bonds. The van der Waals surface area contributed by atoms with Crippen molar-refractivity contribution in [2.24, 2.45) is 5.41 Å². The van der Waals surface area contributed by atoms with Gasteiger partial charge in [0.1, 0.15) is 6.04 Å². The van der Waals surface area contributed by atoms with Gasteiger partial charge in [-0.25, -0.2) is 4.68 Å². The minimum Gasteiger partial charge on any atom is -0.493 e. The Morgan fingerprint density at radius 1 is 1.26 bits per heavy atom. The number of thioether (sulfide) groups is 1. The maximum absolute atomic E-state index is 13.3. The molecule has 166 valence electrons. The van der Waals surface area contributed by atoms with E-state index in [1.807, 2.05) is 22.9 Å². The SMILES string of the molecule is CCCOc1ccc(C2C3=C(CC(C)(C)CC3=O)Nc3nc(SCC)nn32)cc1OC. The van der Waals surface area contributed by atoms with E-state index in [1.54, 1.807) is 18.9 Å². The summed E-state index contributed by atoms with van der Waals surface area (Å²) in [6.45, 7) is 9.03. The standard InChI is InChI=1S/C23H30N4O3S/c1-6-10-30-17-9-8-14(11-18(17)29-5)20-19-15(12-23(3,4)13-16(19)28)24-21-25-22(31-7-2)26-27(20)21/h8-9,11,20H,6-7,10,12-13H2,1-5H3,(H,24,25,26). The smallest absolute Gasteiger partial charge is 0.227 e.